The smallest absolute Gasteiger partial charge is 0.293 e. The van der Waals surface area contributed by atoms with E-state index in [4.69, 9.17) is 4.98 Å². The van der Waals surface area contributed by atoms with E-state index in [0.29, 0.717) is 17.1 Å². The number of thiophene rings is 1. The van der Waals surface area contributed by atoms with E-state index in [2.05, 4.69) is 45.2 Å². The maximum absolute atomic E-state index is 14.2. The standard InChI is InChI=1S/C42H54N8O3S/c1-5-47-19-23-49(24-20-47)38(41(52)50-25-21-48(6-2)22-26-50)30-15-17-32(18-16-30)43-39-42(53)46(4)28-35(44-39)33-12-10-13-34(29(33)3)45-40(51)37-27-31-11-8-7-9-14-36(31)54-37/h10,12-13,15-18,27-28,38H,5-9,11,14,19-26H2,1-4H3,(H,43,44)(H,45,51). The Morgan fingerprint density at radius 1 is 0.870 bits per heavy atom. The van der Waals surface area contributed by atoms with Crippen LogP contribution in [0, 0.1) is 6.92 Å². The van der Waals surface area contributed by atoms with E-state index in [0.717, 1.165) is 99.9 Å². The van der Waals surface area contributed by atoms with Crippen molar-refractivity contribution in [2.24, 2.45) is 7.05 Å². The molecule has 7 rings (SSSR count). The molecule has 0 saturated carbocycles. The molecule has 0 spiro atoms. The topological polar surface area (TPSA) is 106 Å². The van der Waals surface area contributed by atoms with Gasteiger partial charge in [0, 0.05) is 87.4 Å². The molecule has 4 heterocycles. The van der Waals surface area contributed by atoms with Crippen molar-refractivity contribution in [2.75, 3.05) is 76.1 Å². The number of aromatic nitrogens is 2. The van der Waals surface area contributed by atoms with Gasteiger partial charge in [0.25, 0.3) is 11.5 Å². The molecule has 2 aromatic carbocycles. The predicted molar refractivity (Wildman–Crippen MR) is 218 cm³/mol. The van der Waals surface area contributed by atoms with E-state index >= 15 is 0 Å². The third-order valence-electron chi connectivity index (χ3n) is 11.5. The van der Waals surface area contributed by atoms with Crippen molar-refractivity contribution in [3.8, 4) is 11.3 Å². The van der Waals surface area contributed by atoms with E-state index in [1.807, 2.05) is 54.3 Å². The van der Waals surface area contributed by atoms with Crippen molar-refractivity contribution in [1.82, 2.24) is 29.2 Å². The minimum Gasteiger partial charge on any atom is -0.338 e. The molecule has 2 N–H and O–H groups in total. The monoisotopic (exact) mass is 750 g/mol. The van der Waals surface area contributed by atoms with Gasteiger partial charge >= 0.3 is 0 Å². The van der Waals surface area contributed by atoms with Gasteiger partial charge in [-0.15, -0.1) is 11.3 Å². The molecular formula is C42H54N8O3S. The van der Waals surface area contributed by atoms with Gasteiger partial charge in [-0.3, -0.25) is 19.3 Å². The highest BCUT2D eigenvalue weighted by Gasteiger charge is 2.34. The first-order valence-electron chi connectivity index (χ1n) is 19.7. The van der Waals surface area contributed by atoms with Crippen LogP contribution in [0.1, 0.15) is 70.4 Å². The summed E-state index contributed by atoms with van der Waals surface area (Å²) in [6, 6.07) is 15.4. The average molecular weight is 751 g/mol. The second-order valence-electron chi connectivity index (χ2n) is 14.8. The molecule has 2 amide bonds. The number of benzene rings is 2. The second-order valence-corrected chi connectivity index (χ2v) is 16.0. The number of hydrogen-bond acceptors (Lipinski definition) is 9. The van der Waals surface area contributed by atoms with Crippen LogP contribution in [0.5, 0.6) is 0 Å². The van der Waals surface area contributed by atoms with E-state index < -0.39 is 0 Å². The number of likely N-dealkylation sites (N-methyl/N-ethyl adjacent to an activating group) is 2. The number of carbonyl (C=O) groups excluding carboxylic acids is 2. The quantitative estimate of drug-likeness (QED) is 0.193. The molecule has 2 aromatic heterocycles. The average Bonchev–Trinajstić information content (AvgIpc) is 3.48. The minimum atomic E-state index is -0.356. The first kappa shape index (κ1) is 37.9. The van der Waals surface area contributed by atoms with Crippen LogP contribution in [0.3, 0.4) is 0 Å². The van der Waals surface area contributed by atoms with Crippen molar-refractivity contribution in [1.29, 1.82) is 0 Å². The summed E-state index contributed by atoms with van der Waals surface area (Å²) < 4.78 is 1.53. The summed E-state index contributed by atoms with van der Waals surface area (Å²) in [4.78, 5) is 57.0. The third kappa shape index (κ3) is 8.31. The van der Waals surface area contributed by atoms with Crippen LogP contribution in [-0.4, -0.2) is 106 Å². The van der Waals surface area contributed by atoms with Crippen LogP contribution in [0.25, 0.3) is 11.3 Å². The number of aryl methyl sites for hydroxylation is 3. The van der Waals surface area contributed by atoms with Crippen LogP contribution in [-0.2, 0) is 24.7 Å². The number of amides is 2. The molecule has 286 valence electrons. The number of hydrogen-bond donors (Lipinski definition) is 2. The van der Waals surface area contributed by atoms with Gasteiger partial charge in [-0.05, 0) is 86.7 Å². The van der Waals surface area contributed by atoms with Gasteiger partial charge in [-0.1, -0.05) is 44.5 Å². The number of carbonyl (C=O) groups is 2. The highest BCUT2D eigenvalue weighted by molar-refractivity contribution is 7.14. The number of piperazine rings is 2. The second kappa shape index (κ2) is 17.0. The molecule has 4 aromatic rings. The number of fused-ring (bicyclic) bond motifs is 1. The van der Waals surface area contributed by atoms with Gasteiger partial charge in [0.15, 0.2) is 5.82 Å². The number of rotatable bonds is 10. The Balaban J connectivity index is 1.10. The van der Waals surface area contributed by atoms with Crippen molar-refractivity contribution in [3.63, 3.8) is 0 Å². The predicted octanol–water partition coefficient (Wildman–Crippen LogP) is 5.92. The Hall–Kier alpha value is -4.36. The highest BCUT2D eigenvalue weighted by Crippen LogP contribution is 2.32. The fourth-order valence-corrected chi connectivity index (χ4v) is 9.17. The zero-order chi connectivity index (χ0) is 37.8. The Morgan fingerprint density at radius 3 is 2.26 bits per heavy atom. The largest absolute Gasteiger partial charge is 0.338 e. The first-order valence-corrected chi connectivity index (χ1v) is 20.5. The van der Waals surface area contributed by atoms with Crippen molar-refractivity contribution in [3.05, 3.63) is 91.5 Å². The number of anilines is 3. The Bertz CT molecular complexity index is 1990. The van der Waals surface area contributed by atoms with Gasteiger partial charge in [0.05, 0.1) is 10.6 Å². The molecule has 1 unspecified atom stereocenters. The van der Waals surface area contributed by atoms with Crippen LogP contribution < -0.4 is 16.2 Å². The summed E-state index contributed by atoms with van der Waals surface area (Å²) in [5.41, 5.74) is 5.77. The van der Waals surface area contributed by atoms with E-state index in [9.17, 15) is 14.4 Å². The maximum atomic E-state index is 14.2. The summed E-state index contributed by atoms with van der Waals surface area (Å²) in [5, 5.41) is 6.41. The fraction of sp³-hybridized carbons (Fsp3) is 0.476. The maximum Gasteiger partial charge on any atom is 0.293 e. The number of nitrogens with zero attached hydrogens (tertiary/aromatic N) is 6. The lowest BCUT2D eigenvalue weighted by atomic mass is 10.0. The molecule has 1 aliphatic carbocycles. The Labute approximate surface area is 323 Å². The summed E-state index contributed by atoms with van der Waals surface area (Å²) >= 11 is 1.61. The van der Waals surface area contributed by atoms with E-state index in [1.165, 1.54) is 34.3 Å². The van der Waals surface area contributed by atoms with Gasteiger partial charge in [-0.25, -0.2) is 4.98 Å². The third-order valence-corrected chi connectivity index (χ3v) is 12.7. The minimum absolute atomic E-state index is 0.0984. The van der Waals surface area contributed by atoms with E-state index in [1.54, 1.807) is 24.6 Å². The van der Waals surface area contributed by atoms with Crippen molar-refractivity contribution >= 4 is 40.3 Å². The Morgan fingerprint density at radius 2 is 1.56 bits per heavy atom. The van der Waals surface area contributed by atoms with Gasteiger partial charge in [-0.2, -0.15) is 0 Å². The lowest BCUT2D eigenvalue weighted by Gasteiger charge is -2.42. The van der Waals surface area contributed by atoms with Crippen LogP contribution in [0.4, 0.5) is 17.2 Å². The SMILES string of the molecule is CCN1CCN(C(=O)C(c2ccc(Nc3nc(-c4cccc(NC(=O)c5cc6c(s5)CCCCC6)c4C)cn(C)c3=O)cc2)N2CCN(CC)CC2)CC1. The normalized spacial score (nSPS) is 17.8. The van der Waals surface area contributed by atoms with Crippen molar-refractivity contribution in [2.45, 2.75) is 58.9 Å². The summed E-state index contributed by atoms with van der Waals surface area (Å²) in [6.45, 7) is 15.2. The van der Waals surface area contributed by atoms with Crippen molar-refractivity contribution < 1.29 is 9.59 Å². The zero-order valence-corrected chi connectivity index (χ0v) is 33.0. The first-order chi connectivity index (χ1) is 26.2. The summed E-state index contributed by atoms with van der Waals surface area (Å²) in [7, 11) is 1.72. The molecule has 11 nitrogen and oxygen atoms in total. The summed E-state index contributed by atoms with van der Waals surface area (Å²) in [6.07, 6.45) is 7.43. The highest BCUT2D eigenvalue weighted by atomic mass is 32.1. The molecule has 3 aliphatic rings. The molecule has 2 fully saturated rings. The van der Waals surface area contributed by atoms with E-state index in [-0.39, 0.29) is 29.2 Å². The molecule has 12 heteroatoms. The van der Waals surface area contributed by atoms with Crippen LogP contribution >= 0.6 is 11.3 Å². The molecule has 0 radical (unpaired) electrons. The molecule has 2 aliphatic heterocycles. The van der Waals surface area contributed by atoms with Crippen LogP contribution in [0.2, 0.25) is 0 Å². The molecular weight excluding hydrogens is 697 g/mol. The lowest BCUT2D eigenvalue weighted by Crippen LogP contribution is -2.54. The summed E-state index contributed by atoms with van der Waals surface area (Å²) in [5.74, 6) is 0.269. The van der Waals surface area contributed by atoms with Gasteiger partial charge in [0.1, 0.15) is 6.04 Å². The zero-order valence-electron chi connectivity index (χ0n) is 32.2. The molecule has 54 heavy (non-hydrogen) atoms. The number of nitrogens with one attached hydrogen (secondary N) is 2. The van der Waals surface area contributed by atoms with Crippen LogP contribution in [0.15, 0.2) is 59.5 Å². The molecule has 1 atom stereocenters. The van der Waals surface area contributed by atoms with Gasteiger partial charge in [0.2, 0.25) is 5.91 Å². The molecule has 2 saturated heterocycles. The molecule has 0 bridgehead atoms. The fourth-order valence-electron chi connectivity index (χ4n) is 8.02. The van der Waals surface area contributed by atoms with Gasteiger partial charge < -0.3 is 29.9 Å². The lowest BCUT2D eigenvalue weighted by molar-refractivity contribution is -0.140. The Kier molecular flexibility index (Phi) is 11.9.